The molecule has 0 aliphatic carbocycles. The molecule has 1 aromatic carbocycles. The van der Waals surface area contributed by atoms with E-state index in [0.717, 1.165) is 47.5 Å². The van der Waals surface area contributed by atoms with E-state index in [9.17, 15) is 4.79 Å². The van der Waals surface area contributed by atoms with Crippen molar-refractivity contribution in [3.05, 3.63) is 39.2 Å². The van der Waals surface area contributed by atoms with E-state index in [2.05, 4.69) is 36.1 Å². The summed E-state index contributed by atoms with van der Waals surface area (Å²) in [5.74, 6) is 1.46. The second-order valence-corrected chi connectivity index (χ2v) is 8.38. The largest absolute Gasteiger partial charge is 0.493 e. The van der Waals surface area contributed by atoms with E-state index < -0.39 is 5.97 Å². The third-order valence-corrected chi connectivity index (χ3v) is 6.09. The lowest BCUT2D eigenvalue weighted by atomic mass is 10.0. The number of hydrogen-bond donors (Lipinski definition) is 1. The topological polar surface area (TPSA) is 85.8 Å². The van der Waals surface area contributed by atoms with Gasteiger partial charge in [-0.25, -0.2) is 14.8 Å². The fourth-order valence-electron chi connectivity index (χ4n) is 3.71. The number of carbonyl (C=O) groups excluding carboxylic acids is 1. The Hall–Kier alpha value is -2.10. The van der Waals surface area contributed by atoms with Gasteiger partial charge in [0.25, 0.3) is 0 Å². The highest BCUT2D eigenvalue weighted by Crippen LogP contribution is 2.37. The van der Waals surface area contributed by atoms with Crippen LogP contribution in [0, 0.1) is 0 Å². The van der Waals surface area contributed by atoms with Gasteiger partial charge in [0.1, 0.15) is 21.8 Å². The van der Waals surface area contributed by atoms with Crippen molar-refractivity contribution in [2.75, 3.05) is 38.3 Å². The number of anilines is 1. The highest BCUT2D eigenvalue weighted by molar-refractivity contribution is 9.10. The molecule has 32 heavy (non-hydrogen) atoms. The van der Waals surface area contributed by atoms with Crippen LogP contribution in [0.4, 0.5) is 5.82 Å². The predicted molar refractivity (Wildman–Crippen MR) is 127 cm³/mol. The molecular formula is C22H28BrClN4O4. The van der Waals surface area contributed by atoms with Crippen LogP contribution >= 0.6 is 27.5 Å². The molecule has 0 radical (unpaired) electrons. The number of methoxy groups -OCH3 is 1. The van der Waals surface area contributed by atoms with Crippen molar-refractivity contribution in [2.24, 2.45) is 0 Å². The van der Waals surface area contributed by atoms with E-state index in [-0.39, 0.29) is 17.0 Å². The molecule has 2 aromatic rings. The Morgan fingerprint density at radius 1 is 1.16 bits per heavy atom. The minimum absolute atomic E-state index is 0.00245. The van der Waals surface area contributed by atoms with Crippen LogP contribution in [0.25, 0.3) is 0 Å². The van der Waals surface area contributed by atoms with Crippen LogP contribution in [0.3, 0.4) is 0 Å². The van der Waals surface area contributed by atoms with Crippen LogP contribution in [0.15, 0.2) is 22.7 Å². The minimum atomic E-state index is -0.554. The van der Waals surface area contributed by atoms with Crippen LogP contribution in [-0.4, -0.2) is 55.4 Å². The van der Waals surface area contributed by atoms with E-state index >= 15 is 0 Å². The van der Waals surface area contributed by atoms with E-state index in [0.29, 0.717) is 25.6 Å². The second kappa shape index (κ2) is 11.7. The highest BCUT2D eigenvalue weighted by Gasteiger charge is 2.25. The summed E-state index contributed by atoms with van der Waals surface area (Å²) in [5.41, 5.74) is 1.12. The van der Waals surface area contributed by atoms with Gasteiger partial charge in [0.2, 0.25) is 5.28 Å². The normalized spacial score (nSPS) is 14.2. The Balaban J connectivity index is 2.03. The first-order chi connectivity index (χ1) is 15.5. The summed E-state index contributed by atoms with van der Waals surface area (Å²) >= 11 is 9.76. The van der Waals surface area contributed by atoms with E-state index in [1.807, 2.05) is 26.0 Å². The van der Waals surface area contributed by atoms with Crippen LogP contribution in [0.2, 0.25) is 5.28 Å². The number of aromatic nitrogens is 2. The number of ether oxygens (including phenoxy) is 3. The predicted octanol–water partition coefficient (Wildman–Crippen LogP) is 4.24. The molecule has 0 spiro atoms. The molecule has 0 unspecified atom stereocenters. The van der Waals surface area contributed by atoms with Gasteiger partial charge in [-0.1, -0.05) is 0 Å². The first-order valence-corrected chi connectivity index (χ1v) is 11.8. The fraction of sp³-hybridized carbons (Fsp3) is 0.500. The molecule has 0 amide bonds. The van der Waals surface area contributed by atoms with Gasteiger partial charge >= 0.3 is 5.97 Å². The van der Waals surface area contributed by atoms with Gasteiger partial charge in [-0.3, -0.25) is 0 Å². The molecule has 1 aliphatic rings. The highest BCUT2D eigenvalue weighted by atomic mass is 79.9. The minimum Gasteiger partial charge on any atom is -0.493 e. The molecule has 2 heterocycles. The summed E-state index contributed by atoms with van der Waals surface area (Å²) in [4.78, 5) is 22.7. The number of hydrogen-bond acceptors (Lipinski definition) is 8. The average Bonchev–Trinajstić information content (AvgIpc) is 2.80. The fourth-order valence-corrected chi connectivity index (χ4v) is 4.35. The first-order valence-electron chi connectivity index (χ1n) is 10.6. The quantitative estimate of drug-likeness (QED) is 0.383. The van der Waals surface area contributed by atoms with Crippen LogP contribution in [0.1, 0.15) is 42.7 Å². The molecule has 8 nitrogen and oxygen atoms in total. The van der Waals surface area contributed by atoms with Gasteiger partial charge in [0.05, 0.1) is 20.3 Å². The van der Waals surface area contributed by atoms with Crippen molar-refractivity contribution in [3.63, 3.8) is 0 Å². The number of carbonyl (C=O) groups is 1. The van der Waals surface area contributed by atoms with Gasteiger partial charge in [-0.15, -0.1) is 0 Å². The molecule has 1 aromatic heterocycles. The standard InChI is InChI=1S/C22H28BrClN4O4/c1-4-31-17-10-14(11-18(20(17)23)32-5-2)13-28(15-6-8-25-9-7-15)19-12-16(21(29)30-3)26-22(24)27-19/h10-12,15,25H,4-9,13H2,1-3H3. The summed E-state index contributed by atoms with van der Waals surface area (Å²) in [6, 6.07) is 5.83. The monoisotopic (exact) mass is 526 g/mol. The number of benzene rings is 1. The second-order valence-electron chi connectivity index (χ2n) is 7.25. The van der Waals surface area contributed by atoms with Gasteiger partial charge in [0, 0.05) is 18.7 Å². The number of nitrogens with zero attached hydrogens (tertiary/aromatic N) is 3. The third-order valence-electron chi connectivity index (χ3n) is 5.14. The zero-order chi connectivity index (χ0) is 23.1. The van der Waals surface area contributed by atoms with Crippen molar-refractivity contribution in [3.8, 4) is 11.5 Å². The lowest BCUT2D eigenvalue weighted by molar-refractivity contribution is 0.0594. The van der Waals surface area contributed by atoms with Crippen molar-refractivity contribution < 1.29 is 19.0 Å². The van der Waals surface area contributed by atoms with Crippen molar-refractivity contribution in [2.45, 2.75) is 39.3 Å². The van der Waals surface area contributed by atoms with E-state index in [1.165, 1.54) is 7.11 Å². The molecule has 0 atom stereocenters. The van der Waals surface area contributed by atoms with E-state index in [4.69, 9.17) is 25.8 Å². The maximum absolute atomic E-state index is 12.1. The Kier molecular flexibility index (Phi) is 8.95. The van der Waals surface area contributed by atoms with Gasteiger partial charge < -0.3 is 24.4 Å². The van der Waals surface area contributed by atoms with Crippen LogP contribution in [0.5, 0.6) is 11.5 Å². The Morgan fingerprint density at radius 3 is 2.34 bits per heavy atom. The van der Waals surface area contributed by atoms with Crippen molar-refractivity contribution in [1.82, 2.24) is 15.3 Å². The number of halogens is 2. The van der Waals surface area contributed by atoms with Gasteiger partial charge in [-0.05, 0) is 85.0 Å². The molecule has 0 bridgehead atoms. The molecule has 1 N–H and O–H groups in total. The number of nitrogens with one attached hydrogen (secondary N) is 1. The summed E-state index contributed by atoms with van der Waals surface area (Å²) in [5, 5.41) is 3.39. The zero-order valence-corrected chi connectivity index (χ0v) is 20.8. The Labute approximate surface area is 201 Å². The van der Waals surface area contributed by atoms with Crippen LogP contribution in [-0.2, 0) is 11.3 Å². The number of esters is 1. The summed E-state index contributed by atoms with van der Waals surface area (Å²) in [7, 11) is 1.31. The van der Waals surface area contributed by atoms with Crippen molar-refractivity contribution >= 4 is 39.3 Å². The first kappa shape index (κ1) is 24.5. The maximum Gasteiger partial charge on any atom is 0.356 e. The smallest absolute Gasteiger partial charge is 0.356 e. The summed E-state index contributed by atoms with van der Waals surface area (Å²) in [6.45, 7) is 7.30. The van der Waals surface area contributed by atoms with Gasteiger partial charge in [-0.2, -0.15) is 0 Å². The number of rotatable bonds is 9. The third kappa shape index (κ3) is 6.02. The Bertz CT molecular complexity index is 913. The molecule has 10 heteroatoms. The molecule has 1 saturated heterocycles. The molecular weight excluding hydrogens is 500 g/mol. The maximum atomic E-state index is 12.1. The SMILES string of the molecule is CCOc1cc(CN(c2cc(C(=O)OC)nc(Cl)n2)C2CCNCC2)cc(OCC)c1Br. The molecule has 3 rings (SSSR count). The van der Waals surface area contributed by atoms with E-state index in [1.54, 1.807) is 6.07 Å². The van der Waals surface area contributed by atoms with Crippen LogP contribution < -0.4 is 19.7 Å². The zero-order valence-electron chi connectivity index (χ0n) is 18.5. The average molecular weight is 528 g/mol. The number of piperidine rings is 1. The van der Waals surface area contributed by atoms with Crippen molar-refractivity contribution in [1.29, 1.82) is 0 Å². The molecule has 1 fully saturated rings. The lowest BCUT2D eigenvalue weighted by Gasteiger charge is -2.36. The van der Waals surface area contributed by atoms with Gasteiger partial charge in [0.15, 0.2) is 5.69 Å². The molecule has 174 valence electrons. The summed E-state index contributed by atoms with van der Waals surface area (Å²) < 4.78 is 17.3. The summed E-state index contributed by atoms with van der Waals surface area (Å²) in [6.07, 6.45) is 1.87. The Morgan fingerprint density at radius 2 is 1.78 bits per heavy atom. The molecule has 0 saturated carbocycles. The lowest BCUT2D eigenvalue weighted by Crippen LogP contribution is -2.43. The molecule has 1 aliphatic heterocycles.